The van der Waals surface area contributed by atoms with Crippen LogP contribution in [0.3, 0.4) is 0 Å². The van der Waals surface area contributed by atoms with Crippen LogP contribution in [0.4, 0.5) is 14.9 Å². The number of ether oxygens (including phenoxy) is 2. The Kier molecular flexibility index (Phi) is 8.81. The molecule has 2 aliphatic carbocycles. The minimum atomic E-state index is -0.779. The Morgan fingerprint density at radius 2 is 1.87 bits per heavy atom. The quantitative estimate of drug-likeness (QED) is 0.386. The number of anilines is 1. The molecule has 0 aliphatic heterocycles. The topological polar surface area (TPSA) is 117 Å². The summed E-state index contributed by atoms with van der Waals surface area (Å²) in [4.78, 5) is 25.8. The van der Waals surface area contributed by atoms with Gasteiger partial charge in [-0.05, 0) is 67.2 Å². The molecule has 2 aliphatic rings. The minimum Gasteiger partial charge on any atom is -0.496 e. The highest BCUT2D eigenvalue weighted by Crippen LogP contribution is 2.61. The number of hydrogen-bond acceptors (Lipinski definition) is 6. The zero-order valence-corrected chi connectivity index (χ0v) is 22.8. The number of methoxy groups -OCH3 is 1. The minimum absolute atomic E-state index is 0.0915. The molecule has 4 rings (SSSR count). The van der Waals surface area contributed by atoms with Crippen molar-refractivity contribution in [3.8, 4) is 5.75 Å². The third-order valence-corrected chi connectivity index (χ3v) is 9.07. The Balaban J connectivity index is 1.45. The van der Waals surface area contributed by atoms with Crippen LogP contribution in [0.1, 0.15) is 51.5 Å². The summed E-state index contributed by atoms with van der Waals surface area (Å²) >= 11 is 0. The monoisotopic (exact) mass is 542 g/mol. The summed E-state index contributed by atoms with van der Waals surface area (Å²) in [5.74, 6) is -0.348. The van der Waals surface area contributed by atoms with Crippen LogP contribution in [0.15, 0.2) is 48.5 Å². The second-order valence-electron chi connectivity index (χ2n) is 11.3. The van der Waals surface area contributed by atoms with Gasteiger partial charge in [-0.1, -0.05) is 38.1 Å². The Hall–Kier alpha value is -3.17. The number of aliphatic hydroxyl groups excluding tert-OH is 2. The third-order valence-electron chi connectivity index (χ3n) is 9.07. The van der Waals surface area contributed by atoms with E-state index in [0.717, 1.165) is 5.56 Å². The molecule has 2 saturated carbocycles. The summed E-state index contributed by atoms with van der Waals surface area (Å²) in [6, 6.07) is 13.0. The summed E-state index contributed by atoms with van der Waals surface area (Å²) in [5.41, 5.74) is -0.0797. The summed E-state index contributed by atoms with van der Waals surface area (Å²) in [6.45, 7) is 4.09. The van der Waals surface area contributed by atoms with Gasteiger partial charge in [0.1, 0.15) is 17.7 Å². The molecule has 9 heteroatoms. The molecule has 0 heterocycles. The molecule has 0 saturated heterocycles. The first-order chi connectivity index (χ1) is 18.6. The van der Waals surface area contributed by atoms with Gasteiger partial charge < -0.3 is 25.0 Å². The van der Waals surface area contributed by atoms with Crippen LogP contribution < -0.4 is 15.4 Å². The summed E-state index contributed by atoms with van der Waals surface area (Å²) in [7, 11) is 1.59. The maximum Gasteiger partial charge on any atom is 0.411 e. The standard InChI is InChI=1S/C30H39FN2O6/c1-29-14-13-26(39-28(37)33-21-9-6-8-20(31)15-21)30(2,18-34)25(29)12-11-23(35)22(29)16-27(36)32-17-19-7-4-5-10-24(19)38-3/h4-10,15,22-23,25-26,34-35H,11-14,16-18H2,1-3H3,(H,32,36)(H,33,37). The highest BCUT2D eigenvalue weighted by Gasteiger charge is 2.60. The Bertz CT molecular complexity index is 1180. The fourth-order valence-electron chi connectivity index (χ4n) is 6.94. The number of para-hydroxylation sites is 1. The molecular weight excluding hydrogens is 503 g/mol. The zero-order valence-electron chi connectivity index (χ0n) is 22.8. The number of carbonyl (C=O) groups excluding carboxylic acids is 2. The van der Waals surface area contributed by atoms with Crippen molar-refractivity contribution in [2.45, 2.75) is 64.7 Å². The maximum absolute atomic E-state index is 13.5. The lowest BCUT2D eigenvalue weighted by molar-refractivity contribution is -0.185. The van der Waals surface area contributed by atoms with Crippen LogP contribution in [0.5, 0.6) is 5.75 Å². The number of rotatable bonds is 8. The number of carbonyl (C=O) groups is 2. The molecule has 212 valence electrons. The maximum atomic E-state index is 13.5. The first-order valence-corrected chi connectivity index (χ1v) is 13.5. The van der Waals surface area contributed by atoms with Gasteiger partial charge in [0.25, 0.3) is 0 Å². The van der Waals surface area contributed by atoms with E-state index in [2.05, 4.69) is 17.6 Å². The molecule has 0 radical (unpaired) electrons. The zero-order chi connectivity index (χ0) is 28.2. The summed E-state index contributed by atoms with van der Waals surface area (Å²) in [6.07, 6.45) is 0.416. The van der Waals surface area contributed by atoms with Gasteiger partial charge in [-0.15, -0.1) is 0 Å². The van der Waals surface area contributed by atoms with Crippen molar-refractivity contribution in [1.29, 1.82) is 0 Å². The first-order valence-electron chi connectivity index (χ1n) is 13.5. The number of aliphatic hydroxyl groups is 2. The van der Waals surface area contributed by atoms with Crippen molar-refractivity contribution < 1.29 is 33.7 Å². The molecular formula is C30H39FN2O6. The Labute approximate surface area is 228 Å². The van der Waals surface area contributed by atoms with Gasteiger partial charge in [0.05, 0.1) is 19.8 Å². The smallest absolute Gasteiger partial charge is 0.411 e. The molecule has 0 aromatic heterocycles. The number of fused-ring (bicyclic) bond motifs is 1. The van der Waals surface area contributed by atoms with E-state index < -0.39 is 34.9 Å². The van der Waals surface area contributed by atoms with Crippen molar-refractivity contribution in [2.75, 3.05) is 19.0 Å². The lowest BCUT2D eigenvalue weighted by Gasteiger charge is -2.60. The first kappa shape index (κ1) is 28.8. The van der Waals surface area contributed by atoms with Crippen LogP contribution >= 0.6 is 0 Å². The number of amides is 2. The highest BCUT2D eigenvalue weighted by molar-refractivity contribution is 5.84. The second kappa shape index (κ2) is 11.9. The van der Waals surface area contributed by atoms with Gasteiger partial charge in [0.15, 0.2) is 0 Å². The van der Waals surface area contributed by atoms with Crippen LogP contribution in [0.25, 0.3) is 0 Å². The van der Waals surface area contributed by atoms with E-state index in [1.165, 1.54) is 18.2 Å². The molecule has 2 amide bonds. The van der Waals surface area contributed by atoms with E-state index in [0.29, 0.717) is 38.0 Å². The largest absolute Gasteiger partial charge is 0.496 e. The van der Waals surface area contributed by atoms with Crippen molar-refractivity contribution in [1.82, 2.24) is 5.32 Å². The van der Waals surface area contributed by atoms with Crippen LogP contribution in [0.2, 0.25) is 0 Å². The van der Waals surface area contributed by atoms with Crippen molar-refractivity contribution in [3.05, 3.63) is 59.9 Å². The van der Waals surface area contributed by atoms with Crippen LogP contribution in [-0.4, -0.2) is 48.1 Å². The highest BCUT2D eigenvalue weighted by atomic mass is 19.1. The van der Waals surface area contributed by atoms with Gasteiger partial charge in [0, 0.05) is 29.6 Å². The van der Waals surface area contributed by atoms with E-state index in [1.54, 1.807) is 13.2 Å². The molecule has 2 aromatic rings. The summed E-state index contributed by atoms with van der Waals surface area (Å²) < 4.78 is 24.7. The Morgan fingerprint density at radius 1 is 1.10 bits per heavy atom. The third kappa shape index (κ3) is 6.04. The molecule has 0 spiro atoms. The lowest BCUT2D eigenvalue weighted by atomic mass is 9.46. The predicted octanol–water partition coefficient (Wildman–Crippen LogP) is 4.64. The number of benzene rings is 2. The average Bonchev–Trinajstić information content (AvgIpc) is 2.91. The van der Waals surface area contributed by atoms with Crippen molar-refractivity contribution >= 4 is 17.7 Å². The van der Waals surface area contributed by atoms with Gasteiger partial charge in [-0.2, -0.15) is 0 Å². The van der Waals surface area contributed by atoms with E-state index in [1.807, 2.05) is 31.2 Å². The fourth-order valence-corrected chi connectivity index (χ4v) is 6.94. The molecule has 6 atom stereocenters. The molecule has 4 N–H and O–H groups in total. The normalized spacial score (nSPS) is 30.1. The van der Waals surface area contributed by atoms with E-state index in [9.17, 15) is 24.2 Å². The second-order valence-corrected chi connectivity index (χ2v) is 11.3. The molecule has 39 heavy (non-hydrogen) atoms. The van der Waals surface area contributed by atoms with Gasteiger partial charge in [0.2, 0.25) is 5.91 Å². The van der Waals surface area contributed by atoms with Crippen molar-refractivity contribution in [2.24, 2.45) is 22.7 Å². The average molecular weight is 543 g/mol. The predicted molar refractivity (Wildman–Crippen MR) is 145 cm³/mol. The van der Waals surface area contributed by atoms with E-state index in [4.69, 9.17) is 9.47 Å². The van der Waals surface area contributed by atoms with E-state index in [-0.39, 0.29) is 36.5 Å². The molecule has 0 bridgehead atoms. The van der Waals surface area contributed by atoms with Gasteiger partial charge in [-0.25, -0.2) is 9.18 Å². The van der Waals surface area contributed by atoms with E-state index >= 15 is 0 Å². The van der Waals surface area contributed by atoms with Crippen molar-refractivity contribution in [3.63, 3.8) is 0 Å². The van der Waals surface area contributed by atoms with Gasteiger partial charge >= 0.3 is 6.09 Å². The fraction of sp³-hybridized carbons (Fsp3) is 0.533. The van der Waals surface area contributed by atoms with Crippen LogP contribution in [-0.2, 0) is 16.1 Å². The number of hydrogen-bond donors (Lipinski definition) is 4. The number of halogens is 1. The molecule has 2 fully saturated rings. The lowest BCUT2D eigenvalue weighted by Crippen LogP contribution is -2.61. The summed E-state index contributed by atoms with van der Waals surface area (Å²) in [5, 5.41) is 27.2. The SMILES string of the molecule is COc1ccccc1CNC(=O)CC1C(O)CCC2C(C)(CO)C(OC(=O)Nc3cccc(F)c3)CCC12C. The molecule has 8 nitrogen and oxygen atoms in total. The van der Waals surface area contributed by atoms with Crippen LogP contribution in [0, 0.1) is 28.5 Å². The Morgan fingerprint density at radius 3 is 2.59 bits per heavy atom. The molecule has 6 unspecified atom stereocenters. The van der Waals surface area contributed by atoms with Gasteiger partial charge in [-0.3, -0.25) is 10.1 Å². The molecule has 2 aromatic carbocycles. The number of nitrogens with one attached hydrogen (secondary N) is 2.